The largest absolute Gasteiger partial charge is 0.341 e. The minimum Gasteiger partial charge on any atom is -0.341 e. The van der Waals surface area contributed by atoms with Crippen LogP contribution >= 0.6 is 12.2 Å². The van der Waals surface area contributed by atoms with E-state index in [1.54, 1.807) is 0 Å². The van der Waals surface area contributed by atoms with Gasteiger partial charge in [0.25, 0.3) is 0 Å². The Hall–Kier alpha value is -1.10. The Morgan fingerprint density at radius 2 is 2.11 bits per heavy atom. The summed E-state index contributed by atoms with van der Waals surface area (Å²) in [5.74, 6) is 0.195. The third-order valence-corrected chi connectivity index (χ3v) is 3.98. The maximum atomic E-state index is 12.5. The van der Waals surface area contributed by atoms with Crippen molar-refractivity contribution in [1.29, 1.82) is 0 Å². The number of H-pyrrole nitrogens is 1. The standard InChI is InChI=1S/C13H21N3OS/c1-3-11-9-14-13(18)16(11)10(2)12(17)15-7-5-4-6-8-15/h9-10H,3-8H2,1-2H3,(H,14,18). The van der Waals surface area contributed by atoms with Crippen LogP contribution in [-0.4, -0.2) is 33.4 Å². The highest BCUT2D eigenvalue weighted by Gasteiger charge is 2.24. The van der Waals surface area contributed by atoms with Gasteiger partial charge in [0.1, 0.15) is 6.04 Å². The summed E-state index contributed by atoms with van der Waals surface area (Å²) in [6.07, 6.45) is 6.27. The predicted octanol–water partition coefficient (Wildman–Crippen LogP) is 2.68. The Labute approximate surface area is 113 Å². The molecule has 1 N–H and O–H groups in total. The molecule has 0 spiro atoms. The van der Waals surface area contributed by atoms with Crippen molar-refractivity contribution < 1.29 is 4.79 Å². The number of piperidine rings is 1. The van der Waals surface area contributed by atoms with Crippen LogP contribution in [0, 0.1) is 4.77 Å². The third-order valence-electron chi connectivity index (χ3n) is 3.67. The number of aromatic nitrogens is 2. The number of aryl methyl sites for hydroxylation is 1. The van der Waals surface area contributed by atoms with E-state index in [0.717, 1.165) is 38.0 Å². The number of rotatable bonds is 3. The number of nitrogens with zero attached hydrogens (tertiary/aromatic N) is 2. The molecule has 0 radical (unpaired) electrons. The molecule has 1 aliphatic rings. The first-order valence-electron chi connectivity index (χ1n) is 6.72. The summed E-state index contributed by atoms with van der Waals surface area (Å²) in [5, 5.41) is 0. The Morgan fingerprint density at radius 3 is 2.72 bits per heavy atom. The molecule has 2 heterocycles. The normalized spacial score (nSPS) is 17.8. The molecule has 0 aliphatic carbocycles. The van der Waals surface area contributed by atoms with Gasteiger partial charge >= 0.3 is 0 Å². The number of carbonyl (C=O) groups excluding carboxylic acids is 1. The number of hydrogen-bond donors (Lipinski definition) is 1. The average Bonchev–Trinajstić information content (AvgIpc) is 2.79. The quantitative estimate of drug-likeness (QED) is 0.855. The molecule has 1 amide bonds. The number of hydrogen-bond acceptors (Lipinski definition) is 2. The molecule has 0 saturated carbocycles. The van der Waals surface area contributed by atoms with Crippen molar-refractivity contribution in [2.75, 3.05) is 13.1 Å². The lowest BCUT2D eigenvalue weighted by Gasteiger charge is -2.30. The molecule has 5 heteroatoms. The molecule has 2 rings (SSSR count). The second-order valence-electron chi connectivity index (χ2n) is 4.87. The molecule has 0 bridgehead atoms. The summed E-state index contributed by atoms with van der Waals surface area (Å²) in [7, 11) is 0. The second kappa shape index (κ2) is 5.69. The van der Waals surface area contributed by atoms with E-state index >= 15 is 0 Å². The summed E-state index contributed by atoms with van der Waals surface area (Å²) in [6, 6.07) is -0.197. The summed E-state index contributed by atoms with van der Waals surface area (Å²) >= 11 is 5.27. The van der Waals surface area contributed by atoms with Crippen LogP contribution in [-0.2, 0) is 11.2 Å². The van der Waals surface area contributed by atoms with E-state index in [0.29, 0.717) is 4.77 Å². The van der Waals surface area contributed by atoms with Gasteiger partial charge in [0.05, 0.1) is 0 Å². The van der Waals surface area contributed by atoms with E-state index < -0.39 is 0 Å². The van der Waals surface area contributed by atoms with Crippen molar-refractivity contribution in [3.63, 3.8) is 0 Å². The van der Waals surface area contributed by atoms with Crippen LogP contribution in [0.2, 0.25) is 0 Å². The monoisotopic (exact) mass is 267 g/mol. The zero-order valence-electron chi connectivity index (χ0n) is 11.1. The van der Waals surface area contributed by atoms with Crippen LogP contribution < -0.4 is 0 Å². The highest BCUT2D eigenvalue weighted by molar-refractivity contribution is 7.71. The van der Waals surface area contributed by atoms with Gasteiger partial charge in [-0.1, -0.05) is 6.92 Å². The van der Waals surface area contributed by atoms with E-state index in [1.807, 2.05) is 22.6 Å². The maximum Gasteiger partial charge on any atom is 0.245 e. The van der Waals surface area contributed by atoms with Crippen LogP contribution in [0.15, 0.2) is 6.20 Å². The van der Waals surface area contributed by atoms with Gasteiger partial charge in [0, 0.05) is 25.0 Å². The average molecular weight is 267 g/mol. The number of aromatic amines is 1. The van der Waals surface area contributed by atoms with Crippen LogP contribution in [0.4, 0.5) is 0 Å². The minimum absolute atomic E-state index is 0.195. The first-order chi connectivity index (χ1) is 8.65. The summed E-state index contributed by atoms with van der Waals surface area (Å²) < 4.78 is 2.59. The van der Waals surface area contributed by atoms with Crippen molar-refractivity contribution in [3.8, 4) is 0 Å². The van der Waals surface area contributed by atoms with E-state index in [-0.39, 0.29) is 11.9 Å². The molecule has 100 valence electrons. The zero-order chi connectivity index (χ0) is 13.1. The molecule has 1 aliphatic heterocycles. The van der Waals surface area contributed by atoms with Gasteiger partial charge < -0.3 is 14.5 Å². The summed E-state index contributed by atoms with van der Waals surface area (Å²) in [5.41, 5.74) is 1.10. The van der Waals surface area contributed by atoms with E-state index in [2.05, 4.69) is 11.9 Å². The van der Waals surface area contributed by atoms with Gasteiger partial charge in [-0.3, -0.25) is 4.79 Å². The fourth-order valence-corrected chi connectivity index (χ4v) is 2.93. The lowest BCUT2D eigenvalue weighted by Crippen LogP contribution is -2.40. The van der Waals surface area contributed by atoms with Crippen molar-refractivity contribution >= 4 is 18.1 Å². The molecule has 18 heavy (non-hydrogen) atoms. The molecule has 1 aromatic rings. The van der Waals surface area contributed by atoms with Crippen molar-refractivity contribution in [2.24, 2.45) is 0 Å². The molecular weight excluding hydrogens is 246 g/mol. The van der Waals surface area contributed by atoms with E-state index in [4.69, 9.17) is 12.2 Å². The van der Waals surface area contributed by atoms with Gasteiger partial charge in [-0.15, -0.1) is 0 Å². The third kappa shape index (κ3) is 2.51. The van der Waals surface area contributed by atoms with Gasteiger partial charge in [-0.2, -0.15) is 0 Å². The molecule has 1 atom stereocenters. The van der Waals surface area contributed by atoms with E-state index in [1.165, 1.54) is 6.42 Å². The lowest BCUT2D eigenvalue weighted by molar-refractivity contribution is -0.135. The molecule has 0 aromatic carbocycles. The number of amides is 1. The first kappa shape index (κ1) is 13.3. The summed E-state index contributed by atoms with van der Waals surface area (Å²) in [6.45, 7) is 5.80. The smallest absolute Gasteiger partial charge is 0.245 e. The van der Waals surface area contributed by atoms with Gasteiger partial charge in [-0.25, -0.2) is 0 Å². The highest BCUT2D eigenvalue weighted by Crippen LogP contribution is 2.18. The molecule has 1 saturated heterocycles. The molecule has 4 nitrogen and oxygen atoms in total. The number of likely N-dealkylation sites (tertiary alicyclic amines) is 1. The van der Waals surface area contributed by atoms with Crippen molar-refractivity contribution in [3.05, 3.63) is 16.7 Å². The zero-order valence-corrected chi connectivity index (χ0v) is 11.9. The van der Waals surface area contributed by atoms with Gasteiger partial charge in [-0.05, 0) is 44.8 Å². The fraction of sp³-hybridized carbons (Fsp3) is 0.692. The Bertz CT molecular complexity index is 471. The molecular formula is C13H21N3OS. The number of imidazole rings is 1. The topological polar surface area (TPSA) is 41.0 Å². The Balaban J connectivity index is 2.19. The Kier molecular flexibility index (Phi) is 4.22. The SMILES string of the molecule is CCc1c[nH]c(=S)n1C(C)C(=O)N1CCCCC1. The highest BCUT2D eigenvalue weighted by atomic mass is 32.1. The maximum absolute atomic E-state index is 12.5. The van der Waals surface area contributed by atoms with Crippen LogP contribution in [0.25, 0.3) is 0 Å². The van der Waals surface area contributed by atoms with Gasteiger partial charge in [0.2, 0.25) is 5.91 Å². The van der Waals surface area contributed by atoms with Crippen LogP contribution in [0.1, 0.15) is 44.8 Å². The van der Waals surface area contributed by atoms with E-state index in [9.17, 15) is 4.79 Å². The van der Waals surface area contributed by atoms with Crippen LogP contribution in [0.5, 0.6) is 0 Å². The minimum atomic E-state index is -0.197. The Morgan fingerprint density at radius 1 is 1.44 bits per heavy atom. The lowest BCUT2D eigenvalue weighted by atomic mass is 10.1. The molecule has 1 aromatic heterocycles. The summed E-state index contributed by atoms with van der Waals surface area (Å²) in [4.78, 5) is 17.5. The van der Waals surface area contributed by atoms with Crippen molar-refractivity contribution in [2.45, 2.75) is 45.6 Å². The first-order valence-corrected chi connectivity index (χ1v) is 7.13. The van der Waals surface area contributed by atoms with Crippen molar-refractivity contribution in [1.82, 2.24) is 14.5 Å². The predicted molar refractivity (Wildman–Crippen MR) is 74.1 cm³/mol. The second-order valence-corrected chi connectivity index (χ2v) is 5.26. The number of carbonyl (C=O) groups is 1. The van der Waals surface area contributed by atoms with Gasteiger partial charge in [0.15, 0.2) is 4.77 Å². The number of nitrogens with one attached hydrogen (secondary N) is 1. The molecule has 1 unspecified atom stereocenters. The van der Waals surface area contributed by atoms with Crippen LogP contribution in [0.3, 0.4) is 0 Å². The fourth-order valence-electron chi connectivity index (χ4n) is 2.60. The molecule has 1 fully saturated rings.